The van der Waals surface area contributed by atoms with Crippen LogP contribution < -0.4 is 0 Å². The first-order valence-electron chi connectivity index (χ1n) is 7.85. The molecule has 0 radical (unpaired) electrons. The fraction of sp³-hybridized carbons (Fsp3) is 0.222. The highest BCUT2D eigenvalue weighted by molar-refractivity contribution is 7.18. The van der Waals surface area contributed by atoms with E-state index in [2.05, 4.69) is 21.2 Å². The molecule has 0 saturated carbocycles. The van der Waals surface area contributed by atoms with Crippen molar-refractivity contribution in [1.82, 2.24) is 15.0 Å². The Hall–Kier alpha value is -2.60. The Labute approximate surface area is 143 Å². The van der Waals surface area contributed by atoms with Gasteiger partial charge in [0.05, 0.1) is 22.0 Å². The fourth-order valence-corrected chi connectivity index (χ4v) is 4.00. The summed E-state index contributed by atoms with van der Waals surface area (Å²) in [6, 6.07) is 8.04. The van der Waals surface area contributed by atoms with Crippen LogP contribution in [0.3, 0.4) is 0 Å². The van der Waals surface area contributed by atoms with E-state index in [1.165, 1.54) is 0 Å². The molecule has 0 atom stereocenters. The Morgan fingerprint density at radius 1 is 1.17 bits per heavy atom. The highest BCUT2D eigenvalue weighted by atomic mass is 32.1. The van der Waals surface area contributed by atoms with Gasteiger partial charge in [0.25, 0.3) is 0 Å². The van der Waals surface area contributed by atoms with Crippen LogP contribution in [0.2, 0.25) is 0 Å². The molecule has 24 heavy (non-hydrogen) atoms. The molecule has 3 aromatic heterocycles. The maximum atomic E-state index is 9.24. The van der Waals surface area contributed by atoms with Gasteiger partial charge in [-0.2, -0.15) is 0 Å². The molecule has 1 aliphatic carbocycles. The smallest absolute Gasteiger partial charge is 0.125 e. The molecule has 4 rings (SSSR count). The summed E-state index contributed by atoms with van der Waals surface area (Å²) >= 11 is 1.61. The zero-order valence-corrected chi connectivity index (χ0v) is 14.0. The van der Waals surface area contributed by atoms with Gasteiger partial charge in [0.15, 0.2) is 0 Å². The van der Waals surface area contributed by atoms with Gasteiger partial charge in [0.2, 0.25) is 0 Å². The van der Waals surface area contributed by atoms with E-state index in [4.69, 9.17) is 4.98 Å². The van der Waals surface area contributed by atoms with Crippen LogP contribution in [-0.2, 0) is 6.42 Å². The highest BCUT2D eigenvalue weighted by Crippen LogP contribution is 2.35. The number of aromatic nitrogens is 3. The lowest BCUT2D eigenvalue weighted by Crippen LogP contribution is -2.14. The average Bonchev–Trinajstić information content (AvgIpc) is 3.03. The van der Waals surface area contributed by atoms with Gasteiger partial charge in [0, 0.05) is 18.0 Å². The molecule has 5 nitrogen and oxygen atoms in total. The Balaban J connectivity index is 1.79. The SMILES string of the molecule is Cc1nc(-c2cccnc2)sc1-c1ccc2c(n1)/C(=N/O)CCC2. The molecule has 0 bridgehead atoms. The number of oxime groups is 1. The minimum absolute atomic E-state index is 0.674. The number of hydrogen-bond donors (Lipinski definition) is 1. The summed E-state index contributed by atoms with van der Waals surface area (Å²) in [6.07, 6.45) is 6.31. The Morgan fingerprint density at radius 3 is 2.88 bits per heavy atom. The molecule has 0 aliphatic heterocycles. The van der Waals surface area contributed by atoms with Crippen LogP contribution in [0.25, 0.3) is 21.1 Å². The summed E-state index contributed by atoms with van der Waals surface area (Å²) in [7, 11) is 0. The van der Waals surface area contributed by atoms with Crippen molar-refractivity contribution in [3.05, 3.63) is 53.6 Å². The van der Waals surface area contributed by atoms with Gasteiger partial charge >= 0.3 is 0 Å². The molecular weight excluding hydrogens is 320 g/mol. The van der Waals surface area contributed by atoms with Crippen LogP contribution in [0, 0.1) is 6.92 Å². The van der Waals surface area contributed by atoms with Crippen molar-refractivity contribution in [3.8, 4) is 21.1 Å². The number of hydrogen-bond acceptors (Lipinski definition) is 6. The largest absolute Gasteiger partial charge is 0.411 e. The van der Waals surface area contributed by atoms with Crippen molar-refractivity contribution < 1.29 is 5.21 Å². The number of pyridine rings is 2. The summed E-state index contributed by atoms with van der Waals surface area (Å²) in [5.41, 5.74) is 5.47. The van der Waals surface area contributed by atoms with E-state index in [0.29, 0.717) is 5.71 Å². The zero-order chi connectivity index (χ0) is 16.5. The zero-order valence-electron chi connectivity index (χ0n) is 13.2. The minimum Gasteiger partial charge on any atom is -0.411 e. The number of fused-ring (bicyclic) bond motifs is 1. The third-order valence-corrected chi connectivity index (χ3v) is 5.40. The van der Waals surface area contributed by atoms with Crippen LogP contribution in [0.4, 0.5) is 0 Å². The molecule has 3 heterocycles. The maximum Gasteiger partial charge on any atom is 0.125 e. The maximum absolute atomic E-state index is 9.24. The highest BCUT2D eigenvalue weighted by Gasteiger charge is 2.20. The normalized spacial score (nSPS) is 15.5. The predicted octanol–water partition coefficient (Wildman–Crippen LogP) is 4.09. The second-order valence-corrected chi connectivity index (χ2v) is 6.78. The monoisotopic (exact) mass is 336 g/mol. The molecule has 3 aromatic rings. The summed E-state index contributed by atoms with van der Waals surface area (Å²) in [5.74, 6) is 0. The molecule has 0 amide bonds. The number of rotatable bonds is 2. The van der Waals surface area contributed by atoms with Crippen LogP contribution in [-0.4, -0.2) is 25.9 Å². The average molecular weight is 336 g/mol. The Kier molecular flexibility index (Phi) is 3.82. The van der Waals surface area contributed by atoms with Crippen LogP contribution in [0.1, 0.15) is 29.8 Å². The molecular formula is C18H16N4OS. The number of nitrogens with zero attached hydrogens (tertiary/aromatic N) is 4. The van der Waals surface area contributed by atoms with Crippen LogP contribution in [0.5, 0.6) is 0 Å². The van der Waals surface area contributed by atoms with Crippen molar-refractivity contribution in [2.75, 3.05) is 0 Å². The molecule has 0 saturated heterocycles. The van der Waals surface area contributed by atoms with Gasteiger partial charge in [0.1, 0.15) is 10.7 Å². The summed E-state index contributed by atoms with van der Waals surface area (Å²) < 4.78 is 0. The van der Waals surface area contributed by atoms with E-state index >= 15 is 0 Å². The van der Waals surface area contributed by atoms with Crippen molar-refractivity contribution in [2.24, 2.45) is 5.16 Å². The fourth-order valence-electron chi connectivity index (χ4n) is 2.97. The van der Waals surface area contributed by atoms with E-state index in [-0.39, 0.29) is 0 Å². The van der Waals surface area contributed by atoms with Gasteiger partial charge in [-0.15, -0.1) is 11.3 Å². The van der Waals surface area contributed by atoms with Crippen molar-refractivity contribution in [2.45, 2.75) is 26.2 Å². The molecule has 0 spiro atoms. The lowest BCUT2D eigenvalue weighted by molar-refractivity contribution is 0.317. The van der Waals surface area contributed by atoms with Gasteiger partial charge < -0.3 is 5.21 Å². The lowest BCUT2D eigenvalue weighted by Gasteiger charge is -2.16. The van der Waals surface area contributed by atoms with Gasteiger partial charge in [-0.05, 0) is 49.9 Å². The topological polar surface area (TPSA) is 71.3 Å². The van der Waals surface area contributed by atoms with E-state index in [0.717, 1.165) is 57.4 Å². The van der Waals surface area contributed by atoms with Crippen molar-refractivity contribution in [3.63, 3.8) is 0 Å². The molecule has 120 valence electrons. The Bertz CT molecular complexity index is 918. The van der Waals surface area contributed by atoms with E-state index < -0.39 is 0 Å². The van der Waals surface area contributed by atoms with Gasteiger partial charge in [-0.25, -0.2) is 9.97 Å². The lowest BCUT2D eigenvalue weighted by atomic mass is 9.94. The molecule has 0 fully saturated rings. The first-order valence-corrected chi connectivity index (χ1v) is 8.67. The summed E-state index contributed by atoms with van der Waals surface area (Å²) in [5, 5.41) is 13.6. The second-order valence-electron chi connectivity index (χ2n) is 5.78. The third kappa shape index (κ3) is 2.59. The van der Waals surface area contributed by atoms with E-state index in [9.17, 15) is 5.21 Å². The predicted molar refractivity (Wildman–Crippen MR) is 94.6 cm³/mol. The van der Waals surface area contributed by atoms with Gasteiger partial charge in [-0.3, -0.25) is 4.98 Å². The molecule has 1 N–H and O–H groups in total. The third-order valence-electron chi connectivity index (χ3n) is 4.17. The Morgan fingerprint density at radius 2 is 2.08 bits per heavy atom. The molecule has 0 unspecified atom stereocenters. The van der Waals surface area contributed by atoms with E-state index in [1.807, 2.05) is 31.3 Å². The summed E-state index contributed by atoms with van der Waals surface area (Å²) in [6.45, 7) is 1.99. The first kappa shape index (κ1) is 15.0. The quantitative estimate of drug-likeness (QED) is 0.565. The molecule has 0 aromatic carbocycles. The molecule has 1 aliphatic rings. The number of aryl methyl sites for hydroxylation is 2. The number of thiazole rings is 1. The van der Waals surface area contributed by atoms with Crippen LogP contribution >= 0.6 is 11.3 Å². The molecule has 6 heteroatoms. The first-order chi connectivity index (χ1) is 11.8. The van der Waals surface area contributed by atoms with Crippen molar-refractivity contribution >= 4 is 17.0 Å². The van der Waals surface area contributed by atoms with Gasteiger partial charge in [-0.1, -0.05) is 11.2 Å². The standard InChI is InChI=1S/C18H16N4OS/c1-11-17(24-18(20-11)13-5-3-9-19-10-13)15-8-7-12-4-2-6-14(22-23)16(12)21-15/h3,5,7-10,23H,2,4,6H2,1H3/b22-14+. The summed E-state index contributed by atoms with van der Waals surface area (Å²) in [4.78, 5) is 14.6. The minimum atomic E-state index is 0.674. The second kappa shape index (κ2) is 6.13. The van der Waals surface area contributed by atoms with Crippen LogP contribution in [0.15, 0.2) is 41.8 Å². The van der Waals surface area contributed by atoms with E-state index in [1.54, 1.807) is 17.5 Å². The van der Waals surface area contributed by atoms with Crippen molar-refractivity contribution in [1.29, 1.82) is 0 Å².